The van der Waals surface area contributed by atoms with Gasteiger partial charge in [-0.15, -0.1) is 0 Å². The highest BCUT2D eigenvalue weighted by atomic mass is 16.1. The van der Waals surface area contributed by atoms with Gasteiger partial charge in [0.15, 0.2) is 5.78 Å². The van der Waals surface area contributed by atoms with Gasteiger partial charge in [0.25, 0.3) is 0 Å². The SMILES string of the molecule is O=C1C(=C2CN3CCC2CC3)N2CCC1CC2. The highest BCUT2D eigenvalue weighted by Crippen LogP contribution is 2.40. The van der Waals surface area contributed by atoms with E-state index in [2.05, 4.69) is 9.80 Å². The third kappa shape index (κ3) is 1.41. The van der Waals surface area contributed by atoms with Crippen LogP contribution in [0, 0.1) is 11.8 Å². The number of carbonyl (C=O) groups excluding carboxylic acids is 1. The van der Waals surface area contributed by atoms with Gasteiger partial charge in [-0.05, 0) is 50.3 Å². The number of allylic oxidation sites excluding steroid dienone is 1. The average molecular weight is 232 g/mol. The fraction of sp³-hybridized carbons (Fsp3) is 0.786. The second-order valence-corrected chi connectivity index (χ2v) is 6.05. The molecule has 6 aliphatic heterocycles. The Morgan fingerprint density at radius 2 is 1.53 bits per heavy atom. The predicted octanol–water partition coefficient (Wildman–Crippen LogP) is 1.26. The molecule has 0 unspecified atom stereocenters. The van der Waals surface area contributed by atoms with Crippen molar-refractivity contribution in [2.24, 2.45) is 11.8 Å². The monoisotopic (exact) mass is 232 g/mol. The summed E-state index contributed by atoms with van der Waals surface area (Å²) in [4.78, 5) is 17.4. The van der Waals surface area contributed by atoms with Crippen LogP contribution in [0.15, 0.2) is 11.3 Å². The predicted molar refractivity (Wildman–Crippen MR) is 65.5 cm³/mol. The van der Waals surface area contributed by atoms with Crippen LogP contribution in [-0.2, 0) is 4.79 Å². The van der Waals surface area contributed by atoms with Crippen LogP contribution in [0.4, 0.5) is 0 Å². The number of rotatable bonds is 0. The van der Waals surface area contributed by atoms with Crippen LogP contribution in [0.25, 0.3) is 0 Å². The first kappa shape index (κ1) is 10.1. The zero-order valence-corrected chi connectivity index (χ0v) is 10.3. The van der Waals surface area contributed by atoms with Gasteiger partial charge in [0, 0.05) is 25.6 Å². The first-order valence-electron chi connectivity index (χ1n) is 7.07. The van der Waals surface area contributed by atoms with Crippen LogP contribution in [0.3, 0.4) is 0 Å². The standard InChI is InChI=1S/C14H20N2O/c17-14-11-3-7-16(8-4-11)13(14)12-9-15-5-1-10(12)2-6-15/h10-11H,1-9H2. The largest absolute Gasteiger partial charge is 0.369 e. The van der Waals surface area contributed by atoms with Crippen LogP contribution in [0.2, 0.25) is 0 Å². The first-order chi connectivity index (χ1) is 8.33. The number of carbonyl (C=O) groups is 1. The third-order valence-corrected chi connectivity index (χ3v) is 5.19. The molecule has 0 radical (unpaired) electrons. The van der Waals surface area contributed by atoms with E-state index in [1.54, 1.807) is 0 Å². The van der Waals surface area contributed by atoms with E-state index in [0.29, 0.717) is 11.7 Å². The molecule has 6 fully saturated rings. The molecule has 3 nitrogen and oxygen atoms in total. The summed E-state index contributed by atoms with van der Waals surface area (Å²) < 4.78 is 0. The second kappa shape index (κ2) is 3.58. The molecule has 0 aromatic heterocycles. The molecular formula is C14H20N2O. The van der Waals surface area contributed by atoms with Crippen molar-refractivity contribution in [3.8, 4) is 0 Å². The van der Waals surface area contributed by atoms with E-state index in [9.17, 15) is 4.79 Å². The Labute approximate surface area is 102 Å². The number of piperidine rings is 6. The molecule has 0 saturated carbocycles. The molecule has 0 aromatic carbocycles. The second-order valence-electron chi connectivity index (χ2n) is 6.05. The van der Waals surface area contributed by atoms with Gasteiger partial charge < -0.3 is 4.90 Å². The molecule has 0 atom stereocenters. The van der Waals surface area contributed by atoms with Crippen molar-refractivity contribution in [3.63, 3.8) is 0 Å². The molecule has 0 spiro atoms. The quantitative estimate of drug-likeness (QED) is 0.587. The van der Waals surface area contributed by atoms with Crippen LogP contribution in [-0.4, -0.2) is 48.3 Å². The number of hydrogen-bond donors (Lipinski definition) is 0. The van der Waals surface area contributed by atoms with Gasteiger partial charge in [-0.3, -0.25) is 9.69 Å². The third-order valence-electron chi connectivity index (χ3n) is 5.19. The normalized spacial score (nSPS) is 41.4. The van der Waals surface area contributed by atoms with Gasteiger partial charge >= 0.3 is 0 Å². The smallest absolute Gasteiger partial charge is 0.182 e. The van der Waals surface area contributed by atoms with E-state index in [-0.39, 0.29) is 0 Å². The first-order valence-corrected chi connectivity index (χ1v) is 7.07. The molecule has 6 heterocycles. The number of Topliss-reactive ketones (excluding diaryl/α,β-unsaturated/α-hetero) is 1. The molecule has 4 bridgehead atoms. The maximum absolute atomic E-state index is 12.4. The summed E-state index contributed by atoms with van der Waals surface area (Å²) in [6, 6.07) is 0. The Morgan fingerprint density at radius 3 is 2.06 bits per heavy atom. The van der Waals surface area contributed by atoms with Crippen molar-refractivity contribution >= 4 is 5.78 Å². The molecule has 0 aliphatic carbocycles. The Balaban J connectivity index is 1.75. The average Bonchev–Trinajstić information content (AvgIpc) is 2.41. The number of hydrogen-bond acceptors (Lipinski definition) is 3. The van der Waals surface area contributed by atoms with Crippen molar-refractivity contribution < 1.29 is 4.79 Å². The fourth-order valence-corrected chi connectivity index (χ4v) is 4.15. The van der Waals surface area contributed by atoms with E-state index in [0.717, 1.165) is 44.1 Å². The zero-order valence-electron chi connectivity index (χ0n) is 10.3. The highest BCUT2D eigenvalue weighted by molar-refractivity contribution is 5.99. The van der Waals surface area contributed by atoms with Crippen molar-refractivity contribution in [2.75, 3.05) is 32.7 Å². The van der Waals surface area contributed by atoms with Crippen molar-refractivity contribution in [3.05, 3.63) is 11.3 Å². The van der Waals surface area contributed by atoms with Crippen LogP contribution < -0.4 is 0 Å². The summed E-state index contributed by atoms with van der Waals surface area (Å²) in [5, 5.41) is 0. The summed E-state index contributed by atoms with van der Waals surface area (Å²) in [5.74, 6) is 1.56. The summed E-state index contributed by atoms with van der Waals surface area (Å²) in [6.45, 7) is 5.83. The molecule has 17 heavy (non-hydrogen) atoms. The van der Waals surface area contributed by atoms with Crippen LogP contribution >= 0.6 is 0 Å². The number of ketones is 1. The van der Waals surface area contributed by atoms with Gasteiger partial charge in [0.1, 0.15) is 0 Å². The Morgan fingerprint density at radius 1 is 0.882 bits per heavy atom. The summed E-state index contributed by atoms with van der Waals surface area (Å²) in [5.41, 5.74) is 2.65. The minimum Gasteiger partial charge on any atom is -0.369 e. The molecule has 6 rings (SSSR count). The van der Waals surface area contributed by atoms with Crippen molar-refractivity contribution in [1.82, 2.24) is 9.80 Å². The minimum atomic E-state index is 0.359. The van der Waals surface area contributed by atoms with Crippen molar-refractivity contribution in [2.45, 2.75) is 25.7 Å². The van der Waals surface area contributed by atoms with E-state index < -0.39 is 0 Å². The lowest BCUT2D eigenvalue weighted by molar-refractivity contribution is -0.126. The molecule has 0 aromatic rings. The molecule has 3 heteroatoms. The van der Waals surface area contributed by atoms with Gasteiger partial charge in [-0.25, -0.2) is 0 Å². The van der Waals surface area contributed by atoms with Gasteiger partial charge in [0.2, 0.25) is 0 Å². The number of nitrogens with zero attached hydrogens (tertiary/aromatic N) is 2. The summed E-state index contributed by atoms with van der Waals surface area (Å²) >= 11 is 0. The van der Waals surface area contributed by atoms with E-state index in [1.807, 2.05) is 0 Å². The van der Waals surface area contributed by atoms with Gasteiger partial charge in [-0.2, -0.15) is 0 Å². The summed E-state index contributed by atoms with van der Waals surface area (Å²) in [7, 11) is 0. The highest BCUT2D eigenvalue weighted by Gasteiger charge is 2.41. The molecule has 6 aliphatic rings. The van der Waals surface area contributed by atoms with Crippen LogP contribution in [0.1, 0.15) is 25.7 Å². The van der Waals surface area contributed by atoms with Gasteiger partial charge in [-0.1, -0.05) is 0 Å². The van der Waals surface area contributed by atoms with E-state index in [1.165, 1.54) is 31.5 Å². The van der Waals surface area contributed by atoms with E-state index in [4.69, 9.17) is 0 Å². The molecule has 6 saturated heterocycles. The Bertz CT molecular complexity index is 385. The lowest BCUT2D eigenvalue weighted by atomic mass is 9.77. The maximum Gasteiger partial charge on any atom is 0.182 e. The minimum absolute atomic E-state index is 0.359. The number of fused-ring (bicyclic) bond motifs is 6. The zero-order chi connectivity index (χ0) is 11.4. The molecule has 0 amide bonds. The topological polar surface area (TPSA) is 23.6 Å². The fourth-order valence-electron chi connectivity index (χ4n) is 4.15. The molecule has 92 valence electrons. The van der Waals surface area contributed by atoms with Gasteiger partial charge in [0.05, 0.1) is 5.70 Å². The summed E-state index contributed by atoms with van der Waals surface area (Å²) in [6.07, 6.45) is 4.77. The lowest BCUT2D eigenvalue weighted by Crippen LogP contribution is -2.51. The lowest BCUT2D eigenvalue weighted by Gasteiger charge is -2.47. The van der Waals surface area contributed by atoms with Crippen molar-refractivity contribution in [1.29, 1.82) is 0 Å². The molecular weight excluding hydrogens is 212 g/mol. The Hall–Kier alpha value is -0.830. The molecule has 0 N–H and O–H groups in total. The Kier molecular flexibility index (Phi) is 2.13. The van der Waals surface area contributed by atoms with E-state index >= 15 is 0 Å². The maximum atomic E-state index is 12.4. The van der Waals surface area contributed by atoms with Crippen LogP contribution in [0.5, 0.6) is 0 Å².